The topological polar surface area (TPSA) is 52.7 Å². The molecule has 0 aliphatic carbocycles. The minimum Gasteiger partial charge on any atom is -0.293 e. The Balaban J connectivity index is 2.28. The Hall–Kier alpha value is -2.96. The van der Waals surface area contributed by atoms with Crippen LogP contribution >= 0.6 is 0 Å². The van der Waals surface area contributed by atoms with E-state index in [2.05, 4.69) is 9.97 Å². The highest BCUT2D eigenvalue weighted by Crippen LogP contribution is 2.24. The lowest BCUT2D eigenvalue weighted by atomic mass is 9.94. The molecule has 0 unspecified atom stereocenters. The fraction of sp³-hybridized carbons (Fsp3) is 0.0625. The number of aromatic nitrogens is 4. The van der Waals surface area contributed by atoms with E-state index in [1.165, 1.54) is 21.4 Å². The van der Waals surface area contributed by atoms with Gasteiger partial charge >= 0.3 is 5.69 Å². The lowest BCUT2D eigenvalue weighted by Crippen LogP contribution is -2.21. The van der Waals surface area contributed by atoms with Gasteiger partial charge in [-0.2, -0.15) is 4.39 Å². The number of pyridine rings is 2. The summed E-state index contributed by atoms with van der Waals surface area (Å²) in [6.45, 7) is 0. The van der Waals surface area contributed by atoms with Crippen LogP contribution in [0.1, 0.15) is 0 Å². The van der Waals surface area contributed by atoms with Crippen LogP contribution < -0.4 is 11.2 Å². The summed E-state index contributed by atoms with van der Waals surface area (Å²) in [5.74, 6) is -0.712. The predicted octanol–water partition coefficient (Wildman–Crippen LogP) is 1.21. The first-order valence-electron chi connectivity index (χ1n) is 6.94. The Kier molecular flexibility index (Phi) is 2.84. The van der Waals surface area contributed by atoms with Gasteiger partial charge in [0.25, 0.3) is 0 Å². The van der Waals surface area contributed by atoms with Gasteiger partial charge in [0.15, 0.2) is 0 Å². The minimum atomic E-state index is -0.712. The van der Waals surface area contributed by atoms with Gasteiger partial charge in [0.2, 0.25) is 5.95 Å². The molecule has 0 bridgehead atoms. The van der Waals surface area contributed by atoms with Crippen molar-refractivity contribution in [2.75, 3.05) is 0 Å². The zero-order chi connectivity index (χ0) is 16.1. The predicted molar refractivity (Wildman–Crippen MR) is 87.0 cm³/mol. The van der Waals surface area contributed by atoms with Crippen LogP contribution in [0.15, 0.2) is 47.5 Å². The molecule has 0 atom stereocenters. The number of nitrogens with zero attached hydrogens (tertiary/aromatic N) is 4. The second-order valence-corrected chi connectivity index (χ2v) is 5.26. The van der Waals surface area contributed by atoms with Crippen molar-refractivity contribution >= 4 is 35.2 Å². The van der Waals surface area contributed by atoms with Gasteiger partial charge in [-0.3, -0.25) is 14.1 Å². The summed E-state index contributed by atoms with van der Waals surface area (Å²) in [6.07, 6.45) is 2.94. The van der Waals surface area contributed by atoms with Gasteiger partial charge in [-0.15, -0.1) is 0 Å². The van der Waals surface area contributed by atoms with Crippen molar-refractivity contribution in [2.24, 2.45) is 7.05 Å². The molecule has 0 fully saturated rings. The SMILES string of the molecule is [B]c1ccc2ncc3c(c2c1)n(-c1cccnc1F)c(=O)n3C. The van der Waals surface area contributed by atoms with E-state index in [0.29, 0.717) is 27.4 Å². The zero-order valence-electron chi connectivity index (χ0n) is 12.2. The molecule has 0 amide bonds. The number of rotatable bonds is 1. The number of aryl methyl sites for hydroxylation is 1. The summed E-state index contributed by atoms with van der Waals surface area (Å²) in [6, 6.07) is 8.33. The van der Waals surface area contributed by atoms with E-state index < -0.39 is 5.95 Å². The summed E-state index contributed by atoms with van der Waals surface area (Å²) >= 11 is 0. The van der Waals surface area contributed by atoms with Gasteiger partial charge in [-0.25, -0.2) is 9.78 Å². The third kappa shape index (κ3) is 1.89. The number of fused-ring (bicyclic) bond motifs is 3. The van der Waals surface area contributed by atoms with Crippen LogP contribution in [-0.4, -0.2) is 26.9 Å². The van der Waals surface area contributed by atoms with Gasteiger partial charge in [0.1, 0.15) is 13.5 Å². The van der Waals surface area contributed by atoms with Gasteiger partial charge in [0.05, 0.1) is 22.7 Å². The average Bonchev–Trinajstić information content (AvgIpc) is 2.80. The zero-order valence-corrected chi connectivity index (χ0v) is 12.2. The highest BCUT2D eigenvalue weighted by molar-refractivity contribution is 6.33. The molecule has 23 heavy (non-hydrogen) atoms. The monoisotopic (exact) mass is 304 g/mol. The lowest BCUT2D eigenvalue weighted by molar-refractivity contribution is 0.574. The smallest absolute Gasteiger partial charge is 0.293 e. The van der Waals surface area contributed by atoms with Gasteiger partial charge in [0, 0.05) is 18.6 Å². The van der Waals surface area contributed by atoms with E-state index in [1.54, 1.807) is 37.5 Å². The van der Waals surface area contributed by atoms with Crippen LogP contribution in [0, 0.1) is 5.95 Å². The highest BCUT2D eigenvalue weighted by Gasteiger charge is 2.18. The standard InChI is InChI=1S/C16H10BFN4O/c1-21-13-8-20-11-5-4-9(17)7-10(11)14(13)22(16(21)23)12-3-2-6-19-15(12)18/h2-8H,1H3. The van der Waals surface area contributed by atoms with E-state index in [1.807, 2.05) is 0 Å². The Morgan fingerprint density at radius 2 is 2.04 bits per heavy atom. The van der Waals surface area contributed by atoms with Crippen molar-refractivity contribution in [3.8, 4) is 5.69 Å². The summed E-state index contributed by atoms with van der Waals surface area (Å²) in [5.41, 5.74) is 2.09. The molecule has 0 saturated carbocycles. The fourth-order valence-corrected chi connectivity index (χ4v) is 2.78. The Labute approximate surface area is 131 Å². The molecule has 0 spiro atoms. The molecule has 1 aromatic carbocycles. The fourth-order valence-electron chi connectivity index (χ4n) is 2.78. The Morgan fingerprint density at radius 3 is 2.83 bits per heavy atom. The van der Waals surface area contributed by atoms with Crippen LogP contribution in [0.4, 0.5) is 4.39 Å². The third-order valence-electron chi connectivity index (χ3n) is 3.89. The maximum atomic E-state index is 14.2. The minimum absolute atomic E-state index is 0.0954. The lowest BCUT2D eigenvalue weighted by Gasteiger charge is -2.07. The largest absolute Gasteiger partial charge is 0.333 e. The van der Waals surface area contributed by atoms with E-state index in [-0.39, 0.29) is 11.4 Å². The molecule has 7 heteroatoms. The molecule has 0 N–H and O–H groups in total. The molecule has 4 aromatic rings. The highest BCUT2D eigenvalue weighted by atomic mass is 19.1. The van der Waals surface area contributed by atoms with E-state index in [9.17, 15) is 9.18 Å². The van der Waals surface area contributed by atoms with Gasteiger partial charge in [-0.05, 0) is 18.2 Å². The first-order valence-corrected chi connectivity index (χ1v) is 6.94. The first-order chi connectivity index (χ1) is 11.1. The molecule has 4 rings (SSSR count). The molecule has 3 aromatic heterocycles. The first kappa shape index (κ1) is 13.7. The van der Waals surface area contributed by atoms with Crippen molar-refractivity contribution < 1.29 is 4.39 Å². The van der Waals surface area contributed by atoms with Crippen molar-refractivity contribution in [3.05, 3.63) is 59.2 Å². The van der Waals surface area contributed by atoms with Crippen LogP contribution in [0.25, 0.3) is 27.6 Å². The van der Waals surface area contributed by atoms with Crippen LogP contribution in [0.3, 0.4) is 0 Å². The average molecular weight is 304 g/mol. The van der Waals surface area contributed by atoms with E-state index >= 15 is 0 Å². The molecule has 110 valence electrons. The van der Waals surface area contributed by atoms with E-state index in [0.717, 1.165) is 0 Å². The van der Waals surface area contributed by atoms with Gasteiger partial charge < -0.3 is 0 Å². The van der Waals surface area contributed by atoms with Crippen molar-refractivity contribution in [3.63, 3.8) is 0 Å². The van der Waals surface area contributed by atoms with Crippen molar-refractivity contribution in [2.45, 2.75) is 0 Å². The Morgan fingerprint density at radius 1 is 1.22 bits per heavy atom. The maximum Gasteiger partial charge on any atom is 0.333 e. The molecule has 0 aliphatic rings. The molecule has 2 radical (unpaired) electrons. The van der Waals surface area contributed by atoms with Crippen molar-refractivity contribution in [1.82, 2.24) is 19.1 Å². The van der Waals surface area contributed by atoms with Crippen LogP contribution in [0.2, 0.25) is 0 Å². The van der Waals surface area contributed by atoms with E-state index in [4.69, 9.17) is 7.85 Å². The summed E-state index contributed by atoms with van der Waals surface area (Å²) in [7, 11) is 7.49. The Bertz CT molecular complexity index is 1130. The number of halogens is 1. The summed E-state index contributed by atoms with van der Waals surface area (Å²) < 4.78 is 16.9. The normalized spacial score (nSPS) is 11.4. The molecular weight excluding hydrogens is 294 g/mol. The summed E-state index contributed by atoms with van der Waals surface area (Å²) in [5, 5.41) is 0.684. The second-order valence-electron chi connectivity index (χ2n) is 5.26. The number of imidazole rings is 1. The number of hydrogen-bond acceptors (Lipinski definition) is 3. The number of benzene rings is 1. The third-order valence-corrected chi connectivity index (χ3v) is 3.89. The quantitative estimate of drug-likeness (QED) is 0.392. The maximum absolute atomic E-state index is 14.2. The molecule has 0 saturated heterocycles. The van der Waals surface area contributed by atoms with Crippen LogP contribution in [-0.2, 0) is 7.05 Å². The van der Waals surface area contributed by atoms with Crippen LogP contribution in [0.5, 0.6) is 0 Å². The number of hydrogen-bond donors (Lipinski definition) is 0. The van der Waals surface area contributed by atoms with Crippen molar-refractivity contribution in [1.29, 1.82) is 0 Å². The summed E-state index contributed by atoms with van der Waals surface area (Å²) in [4.78, 5) is 20.6. The van der Waals surface area contributed by atoms with Gasteiger partial charge in [-0.1, -0.05) is 17.6 Å². The molecular formula is C16H10BFN4O. The molecule has 5 nitrogen and oxygen atoms in total. The second kappa shape index (κ2) is 4.77. The molecule has 0 aliphatic heterocycles. The molecule has 3 heterocycles.